The van der Waals surface area contributed by atoms with Crippen LogP contribution in [0.3, 0.4) is 0 Å². The number of rotatable bonds is 2. The normalized spacial score (nSPS) is 14.7. The van der Waals surface area contributed by atoms with Crippen LogP contribution >= 0.6 is 0 Å². The molecule has 0 saturated heterocycles. The van der Waals surface area contributed by atoms with Crippen molar-refractivity contribution in [3.8, 4) is 11.8 Å². The molecule has 1 nitrogen and oxygen atoms in total. The van der Waals surface area contributed by atoms with Crippen LogP contribution in [0.15, 0.2) is 47.6 Å². The number of carbonyl (C=O) groups excluding carboxylic acids is 1. The van der Waals surface area contributed by atoms with Crippen LogP contribution in [-0.4, -0.2) is 5.78 Å². The minimum atomic E-state index is -0.105. The molecule has 1 heteroatoms. The number of carbonyl (C=O) groups is 1. The first-order chi connectivity index (χ1) is 10.8. The van der Waals surface area contributed by atoms with E-state index in [1.807, 2.05) is 24.3 Å². The minimum Gasteiger partial charge on any atom is -0.279 e. The van der Waals surface area contributed by atoms with Crippen molar-refractivity contribution in [2.75, 3.05) is 0 Å². The molecule has 0 aliphatic heterocycles. The largest absolute Gasteiger partial charge is 0.279 e. The molecular formula is C22H26O. The third-order valence-corrected chi connectivity index (χ3v) is 4.29. The first kappa shape index (κ1) is 17.3. The van der Waals surface area contributed by atoms with E-state index in [9.17, 15) is 4.79 Å². The van der Waals surface area contributed by atoms with E-state index in [0.717, 1.165) is 18.4 Å². The molecular weight excluding hydrogens is 280 g/mol. The summed E-state index contributed by atoms with van der Waals surface area (Å²) in [6, 6.07) is 7.77. The molecule has 0 atom stereocenters. The van der Waals surface area contributed by atoms with Crippen molar-refractivity contribution in [3.63, 3.8) is 0 Å². The van der Waals surface area contributed by atoms with Gasteiger partial charge in [0.1, 0.15) is 0 Å². The SMILES string of the molecule is CC(C)c1ccc(C(=O)C#CC2=CC=C(C(C)(C)C)CC2)cc1. The molecule has 0 spiro atoms. The fourth-order valence-corrected chi connectivity index (χ4v) is 2.59. The molecule has 1 aliphatic carbocycles. The maximum atomic E-state index is 12.2. The summed E-state index contributed by atoms with van der Waals surface area (Å²) in [6.07, 6.45) is 6.18. The lowest BCUT2D eigenvalue weighted by Gasteiger charge is -2.25. The Bertz CT molecular complexity index is 695. The van der Waals surface area contributed by atoms with Gasteiger partial charge in [-0.25, -0.2) is 0 Å². The number of benzene rings is 1. The zero-order valence-corrected chi connectivity index (χ0v) is 14.9. The zero-order chi connectivity index (χ0) is 17.0. The lowest BCUT2D eigenvalue weighted by Crippen LogP contribution is -2.11. The highest BCUT2D eigenvalue weighted by molar-refractivity contribution is 6.09. The quantitative estimate of drug-likeness (QED) is 0.390. The standard InChI is InChI=1S/C22H26O/c1-16(2)18-9-11-19(12-10-18)21(23)15-8-17-6-13-20(14-7-17)22(3,4)5/h6,9-13,16H,7,14H2,1-5H3. The van der Waals surface area contributed by atoms with Gasteiger partial charge >= 0.3 is 0 Å². The minimum absolute atomic E-state index is 0.105. The molecule has 1 aromatic rings. The summed E-state index contributed by atoms with van der Waals surface area (Å²) in [5, 5.41) is 0. The van der Waals surface area contributed by atoms with Crippen LogP contribution in [0.5, 0.6) is 0 Å². The van der Waals surface area contributed by atoms with Crippen molar-refractivity contribution < 1.29 is 4.79 Å². The zero-order valence-electron chi connectivity index (χ0n) is 14.9. The summed E-state index contributed by atoms with van der Waals surface area (Å²) < 4.78 is 0. The van der Waals surface area contributed by atoms with E-state index in [1.165, 1.54) is 11.1 Å². The molecule has 0 fully saturated rings. The van der Waals surface area contributed by atoms with Gasteiger partial charge in [-0.2, -0.15) is 0 Å². The molecule has 2 rings (SSSR count). The lowest BCUT2D eigenvalue weighted by molar-refractivity contribution is 0.105. The van der Waals surface area contributed by atoms with Gasteiger partial charge in [0, 0.05) is 11.1 Å². The van der Waals surface area contributed by atoms with Crippen LogP contribution < -0.4 is 0 Å². The average molecular weight is 306 g/mol. The van der Waals surface area contributed by atoms with Gasteiger partial charge in [0.25, 0.3) is 0 Å². The van der Waals surface area contributed by atoms with Gasteiger partial charge in [0.2, 0.25) is 5.78 Å². The van der Waals surface area contributed by atoms with Crippen molar-refractivity contribution in [2.24, 2.45) is 5.41 Å². The first-order valence-electron chi connectivity index (χ1n) is 8.34. The maximum Gasteiger partial charge on any atom is 0.236 e. The Morgan fingerprint density at radius 1 is 1.04 bits per heavy atom. The fraction of sp³-hybridized carbons (Fsp3) is 0.409. The van der Waals surface area contributed by atoms with E-state index in [1.54, 1.807) is 0 Å². The van der Waals surface area contributed by atoms with Gasteiger partial charge in [-0.15, -0.1) is 0 Å². The van der Waals surface area contributed by atoms with Crippen LogP contribution in [0.25, 0.3) is 0 Å². The number of hydrogen-bond acceptors (Lipinski definition) is 1. The van der Waals surface area contributed by atoms with E-state index in [4.69, 9.17) is 0 Å². The Morgan fingerprint density at radius 3 is 2.17 bits per heavy atom. The van der Waals surface area contributed by atoms with Gasteiger partial charge in [-0.3, -0.25) is 4.79 Å². The van der Waals surface area contributed by atoms with Gasteiger partial charge < -0.3 is 0 Å². The van der Waals surface area contributed by atoms with Crippen LogP contribution in [0, 0.1) is 17.3 Å². The number of hydrogen-bond donors (Lipinski definition) is 0. The van der Waals surface area contributed by atoms with Crippen molar-refractivity contribution >= 4 is 5.78 Å². The van der Waals surface area contributed by atoms with Crippen molar-refractivity contribution in [1.82, 2.24) is 0 Å². The molecule has 0 amide bonds. The highest BCUT2D eigenvalue weighted by Gasteiger charge is 2.18. The molecule has 1 aromatic carbocycles. The number of Topliss-reactive ketones (excluding diaryl/α,β-unsaturated/α-hetero) is 1. The van der Waals surface area contributed by atoms with E-state index in [2.05, 4.69) is 58.6 Å². The van der Waals surface area contributed by atoms with E-state index in [-0.39, 0.29) is 11.2 Å². The van der Waals surface area contributed by atoms with Crippen LogP contribution in [-0.2, 0) is 0 Å². The predicted molar refractivity (Wildman–Crippen MR) is 97.5 cm³/mol. The van der Waals surface area contributed by atoms with Gasteiger partial charge in [-0.1, -0.05) is 82.5 Å². The molecule has 120 valence electrons. The maximum absolute atomic E-state index is 12.2. The van der Waals surface area contributed by atoms with E-state index < -0.39 is 0 Å². The van der Waals surface area contributed by atoms with Gasteiger partial charge in [0.15, 0.2) is 0 Å². The second-order valence-corrected chi connectivity index (χ2v) is 7.49. The Labute approximate surface area is 140 Å². The van der Waals surface area contributed by atoms with E-state index in [0.29, 0.717) is 11.5 Å². The highest BCUT2D eigenvalue weighted by atomic mass is 16.1. The topological polar surface area (TPSA) is 17.1 Å². The van der Waals surface area contributed by atoms with Crippen LogP contribution in [0.2, 0.25) is 0 Å². The third-order valence-electron chi connectivity index (χ3n) is 4.29. The summed E-state index contributed by atoms with van der Waals surface area (Å²) in [5.41, 5.74) is 4.61. The first-order valence-corrected chi connectivity index (χ1v) is 8.34. The van der Waals surface area contributed by atoms with Crippen molar-refractivity contribution in [1.29, 1.82) is 0 Å². The lowest BCUT2D eigenvalue weighted by atomic mass is 9.80. The van der Waals surface area contributed by atoms with Gasteiger partial charge in [-0.05, 0) is 35.7 Å². The van der Waals surface area contributed by atoms with E-state index >= 15 is 0 Å². The smallest absolute Gasteiger partial charge is 0.236 e. The molecule has 0 heterocycles. The van der Waals surface area contributed by atoms with Crippen LogP contribution in [0.1, 0.15) is 69.3 Å². The fourth-order valence-electron chi connectivity index (χ4n) is 2.59. The van der Waals surface area contributed by atoms with Crippen molar-refractivity contribution in [2.45, 2.75) is 53.4 Å². The Hall–Kier alpha value is -2.07. The summed E-state index contributed by atoms with van der Waals surface area (Å²) in [4.78, 5) is 12.2. The molecule has 0 bridgehead atoms. The molecule has 1 aliphatic rings. The summed E-state index contributed by atoms with van der Waals surface area (Å²) >= 11 is 0. The molecule has 0 N–H and O–H groups in total. The third kappa shape index (κ3) is 4.70. The Morgan fingerprint density at radius 2 is 1.70 bits per heavy atom. The molecule has 0 radical (unpaired) electrons. The molecule has 23 heavy (non-hydrogen) atoms. The molecule has 0 aromatic heterocycles. The summed E-state index contributed by atoms with van der Waals surface area (Å²) in [5.74, 6) is 6.20. The predicted octanol–water partition coefficient (Wildman–Crippen LogP) is 5.69. The second-order valence-electron chi connectivity index (χ2n) is 7.49. The molecule has 0 saturated carbocycles. The van der Waals surface area contributed by atoms with Crippen molar-refractivity contribution in [3.05, 3.63) is 58.7 Å². The van der Waals surface area contributed by atoms with Crippen LogP contribution in [0.4, 0.5) is 0 Å². The monoisotopic (exact) mass is 306 g/mol. The average Bonchev–Trinajstić information content (AvgIpc) is 2.52. The highest BCUT2D eigenvalue weighted by Crippen LogP contribution is 2.32. The van der Waals surface area contributed by atoms with Gasteiger partial charge in [0.05, 0.1) is 0 Å². The Kier molecular flexibility index (Phi) is 5.26. The number of ketones is 1. The summed E-state index contributed by atoms with van der Waals surface area (Å²) in [7, 11) is 0. The Balaban J connectivity index is 2.09. The number of allylic oxidation sites excluding steroid dienone is 4. The second kappa shape index (κ2) is 7.01. The summed E-state index contributed by atoms with van der Waals surface area (Å²) in [6.45, 7) is 11.0. The molecule has 0 unspecified atom stereocenters.